The molecule has 0 bridgehead atoms. The lowest BCUT2D eigenvalue weighted by Gasteiger charge is -2.20. The number of hydrogen-bond donors (Lipinski definition) is 2. The maximum Gasteiger partial charge on any atom is 0.144 e. The molecule has 0 fully saturated rings. The Kier molecular flexibility index (Phi) is 4.39. The van der Waals surface area contributed by atoms with Crippen molar-refractivity contribution in [3.8, 4) is 6.07 Å². The number of rotatable bonds is 5. The molecule has 2 rings (SSSR count). The molecule has 0 spiro atoms. The second kappa shape index (κ2) is 6.03. The first-order valence-electron chi connectivity index (χ1n) is 7.03. The summed E-state index contributed by atoms with van der Waals surface area (Å²) < 4.78 is 0. The summed E-state index contributed by atoms with van der Waals surface area (Å²) >= 11 is 0. The molecule has 19 heavy (non-hydrogen) atoms. The second-order valence-corrected chi connectivity index (χ2v) is 5.66. The van der Waals surface area contributed by atoms with E-state index in [1.807, 2.05) is 6.07 Å². The van der Waals surface area contributed by atoms with E-state index in [4.69, 9.17) is 5.73 Å². The van der Waals surface area contributed by atoms with E-state index in [0.717, 1.165) is 31.4 Å². The van der Waals surface area contributed by atoms with E-state index in [0.29, 0.717) is 23.8 Å². The standard InChI is InChI=1S/C15H22N4/c1-10(2)6-13(9-17)18-15-12(8-16)7-11-4-3-5-14(11)19-15/h7,10,13H,3-6,9,17H2,1-2H3,(H,18,19). The Morgan fingerprint density at radius 1 is 1.47 bits per heavy atom. The molecule has 1 heterocycles. The van der Waals surface area contributed by atoms with Crippen molar-refractivity contribution < 1.29 is 0 Å². The number of aromatic nitrogens is 1. The molecule has 4 nitrogen and oxygen atoms in total. The fourth-order valence-electron chi connectivity index (χ4n) is 2.64. The monoisotopic (exact) mass is 258 g/mol. The van der Waals surface area contributed by atoms with Crippen LogP contribution in [0.4, 0.5) is 5.82 Å². The number of nitriles is 1. The molecule has 1 aromatic heterocycles. The van der Waals surface area contributed by atoms with Gasteiger partial charge in [-0.3, -0.25) is 0 Å². The third-order valence-electron chi connectivity index (χ3n) is 3.55. The van der Waals surface area contributed by atoms with E-state index >= 15 is 0 Å². The van der Waals surface area contributed by atoms with Crippen LogP contribution in [0.15, 0.2) is 6.07 Å². The minimum absolute atomic E-state index is 0.180. The third kappa shape index (κ3) is 3.24. The average molecular weight is 258 g/mol. The Balaban J connectivity index is 2.21. The Labute approximate surface area is 115 Å². The number of pyridine rings is 1. The van der Waals surface area contributed by atoms with E-state index in [9.17, 15) is 5.26 Å². The second-order valence-electron chi connectivity index (χ2n) is 5.66. The van der Waals surface area contributed by atoms with Crippen LogP contribution < -0.4 is 11.1 Å². The first kappa shape index (κ1) is 13.8. The van der Waals surface area contributed by atoms with Crippen LogP contribution in [-0.4, -0.2) is 17.6 Å². The summed E-state index contributed by atoms with van der Waals surface area (Å²) in [6, 6.07) is 4.41. The molecule has 3 N–H and O–H groups in total. The molecule has 0 saturated heterocycles. The van der Waals surface area contributed by atoms with Crippen LogP contribution >= 0.6 is 0 Å². The predicted octanol–water partition coefficient (Wildman–Crippen LogP) is 2.23. The van der Waals surface area contributed by atoms with Crippen molar-refractivity contribution in [3.05, 3.63) is 22.9 Å². The maximum absolute atomic E-state index is 9.26. The van der Waals surface area contributed by atoms with Crippen molar-refractivity contribution >= 4 is 5.82 Å². The highest BCUT2D eigenvalue weighted by molar-refractivity contribution is 5.55. The molecule has 1 unspecified atom stereocenters. The first-order chi connectivity index (χ1) is 9.13. The summed E-state index contributed by atoms with van der Waals surface area (Å²) in [6.07, 6.45) is 4.19. The normalized spacial score (nSPS) is 15.1. The van der Waals surface area contributed by atoms with Crippen LogP contribution in [0, 0.1) is 17.2 Å². The number of fused-ring (bicyclic) bond motifs is 1. The highest BCUT2D eigenvalue weighted by Crippen LogP contribution is 2.25. The van der Waals surface area contributed by atoms with Crippen LogP contribution in [0.3, 0.4) is 0 Å². The third-order valence-corrected chi connectivity index (χ3v) is 3.55. The lowest BCUT2D eigenvalue weighted by atomic mass is 10.0. The van der Waals surface area contributed by atoms with Crippen molar-refractivity contribution in [2.75, 3.05) is 11.9 Å². The van der Waals surface area contributed by atoms with Gasteiger partial charge in [-0.25, -0.2) is 4.98 Å². The van der Waals surface area contributed by atoms with Gasteiger partial charge >= 0.3 is 0 Å². The maximum atomic E-state index is 9.26. The van der Waals surface area contributed by atoms with E-state index in [2.05, 4.69) is 30.2 Å². The summed E-state index contributed by atoms with van der Waals surface area (Å²) in [7, 11) is 0. The Hall–Kier alpha value is -1.60. The molecule has 0 amide bonds. The molecule has 1 aromatic rings. The van der Waals surface area contributed by atoms with E-state index in [1.165, 1.54) is 5.56 Å². The van der Waals surface area contributed by atoms with Gasteiger partial charge in [-0.1, -0.05) is 13.8 Å². The lowest BCUT2D eigenvalue weighted by molar-refractivity contribution is 0.521. The summed E-state index contributed by atoms with van der Waals surface area (Å²) in [4.78, 5) is 4.63. The Bertz CT molecular complexity index is 488. The number of nitrogens with zero attached hydrogens (tertiary/aromatic N) is 2. The number of anilines is 1. The van der Waals surface area contributed by atoms with Crippen molar-refractivity contribution in [2.24, 2.45) is 11.7 Å². The molecule has 0 aromatic carbocycles. The van der Waals surface area contributed by atoms with Crippen LogP contribution in [0.5, 0.6) is 0 Å². The summed E-state index contributed by atoms with van der Waals surface area (Å²) in [6.45, 7) is 4.90. The zero-order chi connectivity index (χ0) is 13.8. The number of nitrogens with two attached hydrogens (primary N) is 1. The number of hydrogen-bond acceptors (Lipinski definition) is 4. The van der Waals surface area contributed by atoms with Crippen LogP contribution in [0.25, 0.3) is 0 Å². The van der Waals surface area contributed by atoms with Gasteiger partial charge < -0.3 is 11.1 Å². The summed E-state index contributed by atoms with van der Waals surface area (Å²) in [5.41, 5.74) is 8.81. The van der Waals surface area contributed by atoms with Gasteiger partial charge in [-0.05, 0) is 43.2 Å². The van der Waals surface area contributed by atoms with Crippen molar-refractivity contribution in [1.82, 2.24) is 4.98 Å². The quantitative estimate of drug-likeness (QED) is 0.849. The van der Waals surface area contributed by atoms with Gasteiger partial charge in [0.05, 0.1) is 5.56 Å². The fourth-order valence-corrected chi connectivity index (χ4v) is 2.64. The number of aryl methyl sites for hydroxylation is 2. The van der Waals surface area contributed by atoms with Gasteiger partial charge in [-0.2, -0.15) is 5.26 Å². The molecule has 0 radical (unpaired) electrons. The van der Waals surface area contributed by atoms with E-state index in [1.54, 1.807) is 0 Å². The Morgan fingerprint density at radius 2 is 2.26 bits per heavy atom. The molecule has 1 aliphatic carbocycles. The van der Waals surface area contributed by atoms with E-state index in [-0.39, 0.29) is 6.04 Å². The van der Waals surface area contributed by atoms with Gasteiger partial charge in [-0.15, -0.1) is 0 Å². The molecule has 1 aliphatic rings. The van der Waals surface area contributed by atoms with Gasteiger partial charge in [0.1, 0.15) is 11.9 Å². The van der Waals surface area contributed by atoms with Crippen molar-refractivity contribution in [1.29, 1.82) is 5.26 Å². The van der Waals surface area contributed by atoms with Crippen molar-refractivity contribution in [2.45, 2.75) is 45.6 Å². The van der Waals surface area contributed by atoms with E-state index < -0.39 is 0 Å². The first-order valence-corrected chi connectivity index (χ1v) is 7.03. The molecule has 1 atom stereocenters. The lowest BCUT2D eigenvalue weighted by Crippen LogP contribution is -2.31. The minimum Gasteiger partial charge on any atom is -0.365 e. The zero-order valence-electron chi connectivity index (χ0n) is 11.7. The average Bonchev–Trinajstić information content (AvgIpc) is 2.83. The van der Waals surface area contributed by atoms with Crippen LogP contribution in [0.1, 0.15) is 43.5 Å². The van der Waals surface area contributed by atoms with Gasteiger partial charge in [0.2, 0.25) is 0 Å². The molecule has 4 heteroatoms. The van der Waals surface area contributed by atoms with Gasteiger partial charge in [0.15, 0.2) is 0 Å². The Morgan fingerprint density at radius 3 is 2.89 bits per heavy atom. The van der Waals surface area contributed by atoms with Crippen molar-refractivity contribution in [3.63, 3.8) is 0 Å². The topological polar surface area (TPSA) is 74.7 Å². The zero-order valence-corrected chi connectivity index (χ0v) is 11.7. The predicted molar refractivity (Wildman–Crippen MR) is 76.9 cm³/mol. The largest absolute Gasteiger partial charge is 0.365 e. The summed E-state index contributed by atoms with van der Waals surface area (Å²) in [5, 5.41) is 12.6. The SMILES string of the molecule is CC(C)CC(CN)Nc1nc2c(cc1C#N)CCC2. The minimum atomic E-state index is 0.180. The van der Waals surface area contributed by atoms with Crippen LogP contribution in [0.2, 0.25) is 0 Å². The van der Waals surface area contributed by atoms with Crippen LogP contribution in [-0.2, 0) is 12.8 Å². The van der Waals surface area contributed by atoms with Gasteiger partial charge in [0.25, 0.3) is 0 Å². The molecule has 0 saturated carbocycles. The molecular weight excluding hydrogens is 236 g/mol. The highest BCUT2D eigenvalue weighted by Gasteiger charge is 2.18. The smallest absolute Gasteiger partial charge is 0.144 e. The molecular formula is C15H22N4. The highest BCUT2D eigenvalue weighted by atomic mass is 15.0. The summed E-state index contributed by atoms with van der Waals surface area (Å²) in [5.74, 6) is 1.28. The molecule has 102 valence electrons. The van der Waals surface area contributed by atoms with Gasteiger partial charge in [0, 0.05) is 18.3 Å². The number of nitrogens with one attached hydrogen (secondary N) is 1. The fraction of sp³-hybridized carbons (Fsp3) is 0.600. The molecule has 0 aliphatic heterocycles.